The highest BCUT2D eigenvalue weighted by molar-refractivity contribution is 6.70. The summed E-state index contributed by atoms with van der Waals surface area (Å²) in [4.78, 5) is 12.7. The lowest BCUT2D eigenvalue weighted by atomic mass is 9.83. The van der Waals surface area contributed by atoms with Crippen molar-refractivity contribution in [3.63, 3.8) is 0 Å². The number of fused-ring (bicyclic) bond motifs is 1. The van der Waals surface area contributed by atoms with Gasteiger partial charge in [0.2, 0.25) is 0 Å². The summed E-state index contributed by atoms with van der Waals surface area (Å²) in [5.74, 6) is 0.663. The molecule has 1 aliphatic rings. The molecule has 0 saturated carbocycles. The molecule has 1 aromatic carbocycles. The second-order valence-electron chi connectivity index (χ2n) is 4.04. The van der Waals surface area contributed by atoms with Gasteiger partial charge in [0.15, 0.2) is 0 Å². The molecule has 1 heterocycles. The maximum Gasteiger partial charge on any atom is 0.328 e. The Morgan fingerprint density at radius 3 is 3.07 bits per heavy atom. The topological polar surface area (TPSA) is 20.3 Å². The second-order valence-corrected chi connectivity index (χ2v) is 4.04. The lowest BCUT2D eigenvalue weighted by Crippen LogP contribution is -2.38. The first-order chi connectivity index (χ1) is 7.35. The lowest BCUT2D eigenvalue weighted by Gasteiger charge is -2.34. The lowest BCUT2D eigenvalue weighted by molar-refractivity contribution is 0.503. The van der Waals surface area contributed by atoms with E-state index >= 15 is 0 Å². The van der Waals surface area contributed by atoms with Gasteiger partial charge in [0.25, 0.3) is 0 Å². The Hall–Kier alpha value is -1.25. The summed E-state index contributed by atoms with van der Waals surface area (Å²) in [6.45, 7) is 3.17. The Morgan fingerprint density at radius 2 is 2.33 bits per heavy atom. The molecule has 2 nitrogen and oxygen atoms in total. The average Bonchev–Trinajstić information content (AvgIpc) is 2.29. The summed E-state index contributed by atoms with van der Waals surface area (Å²) in [6.07, 6.45) is 3.17. The average molecular weight is 200 g/mol. The molecule has 0 unspecified atom stereocenters. The van der Waals surface area contributed by atoms with E-state index in [9.17, 15) is 4.79 Å². The van der Waals surface area contributed by atoms with Gasteiger partial charge in [-0.2, -0.15) is 0 Å². The molecule has 0 bridgehead atoms. The minimum absolute atomic E-state index is 0.663. The fraction of sp³-hybridized carbons (Fsp3) is 0.417. The monoisotopic (exact) mass is 200 g/mol. The minimum Gasteiger partial charge on any atom is -0.412 e. The summed E-state index contributed by atoms with van der Waals surface area (Å²) in [6, 6.07) is 8.33. The number of para-hydroxylation sites is 1. The summed E-state index contributed by atoms with van der Waals surface area (Å²) in [7, 11) is 1.64. The molecule has 1 aromatic rings. The third kappa shape index (κ3) is 2.06. The van der Waals surface area contributed by atoms with Gasteiger partial charge in [0, 0.05) is 12.2 Å². The van der Waals surface area contributed by atoms with Crippen molar-refractivity contribution < 1.29 is 4.79 Å². The predicted molar refractivity (Wildman–Crippen MR) is 63.8 cm³/mol. The molecule has 0 fully saturated rings. The number of nitrogens with zero attached hydrogens (tertiary/aromatic N) is 1. The van der Waals surface area contributed by atoms with Crippen LogP contribution in [0.15, 0.2) is 24.3 Å². The van der Waals surface area contributed by atoms with E-state index in [0.717, 1.165) is 25.6 Å². The van der Waals surface area contributed by atoms with Crippen molar-refractivity contribution >= 4 is 19.3 Å². The molecular weight excluding hydrogens is 185 g/mol. The Balaban J connectivity index is 2.29. The van der Waals surface area contributed by atoms with E-state index in [1.54, 1.807) is 7.41 Å². The van der Waals surface area contributed by atoms with Gasteiger partial charge in [-0.25, -0.2) is 0 Å². The predicted octanol–water partition coefficient (Wildman–Crippen LogP) is 1.88. The zero-order valence-corrected chi connectivity index (χ0v) is 9.02. The van der Waals surface area contributed by atoms with Crippen LogP contribution in [-0.2, 0) is 11.2 Å². The highest BCUT2D eigenvalue weighted by Gasteiger charge is 2.22. The van der Waals surface area contributed by atoms with Crippen LogP contribution >= 0.6 is 0 Å². The van der Waals surface area contributed by atoms with E-state index in [-0.39, 0.29) is 0 Å². The van der Waals surface area contributed by atoms with Gasteiger partial charge in [0.1, 0.15) is 6.19 Å². The summed E-state index contributed by atoms with van der Waals surface area (Å²) in [5.41, 5.74) is 2.54. The Kier molecular flexibility index (Phi) is 3.09. The number of hydrogen-bond donors (Lipinski definition) is 0. The number of anilines is 1. The van der Waals surface area contributed by atoms with Gasteiger partial charge in [-0.1, -0.05) is 31.5 Å². The highest BCUT2D eigenvalue weighted by Crippen LogP contribution is 2.29. The Bertz CT molecular complexity index is 353. The molecule has 1 radical (unpaired) electrons. The van der Waals surface area contributed by atoms with E-state index in [1.165, 1.54) is 11.3 Å². The van der Waals surface area contributed by atoms with E-state index in [0.29, 0.717) is 5.92 Å². The summed E-state index contributed by atoms with van der Waals surface area (Å²) in [5, 5.41) is 0. The van der Waals surface area contributed by atoms with Crippen LogP contribution in [0.3, 0.4) is 0 Å². The van der Waals surface area contributed by atoms with Gasteiger partial charge in [0.05, 0.1) is 0 Å². The highest BCUT2D eigenvalue weighted by atomic mass is 16.1. The number of carbonyl (C=O) groups is 1. The van der Waals surface area contributed by atoms with Gasteiger partial charge in [-0.15, -0.1) is 0 Å². The number of hydrogen-bond acceptors (Lipinski definition) is 2. The first-order valence-electron chi connectivity index (χ1n) is 5.48. The second kappa shape index (κ2) is 4.52. The van der Waals surface area contributed by atoms with Crippen molar-refractivity contribution in [3.05, 3.63) is 29.8 Å². The van der Waals surface area contributed by atoms with Crippen LogP contribution in [-0.4, -0.2) is 20.1 Å². The van der Waals surface area contributed by atoms with Crippen LogP contribution in [0.2, 0.25) is 0 Å². The minimum atomic E-state index is 0.663. The van der Waals surface area contributed by atoms with Gasteiger partial charge < -0.3 is 9.61 Å². The van der Waals surface area contributed by atoms with Crippen molar-refractivity contribution in [1.82, 2.24) is 0 Å². The maximum atomic E-state index is 10.6. The first-order valence-corrected chi connectivity index (χ1v) is 5.48. The van der Waals surface area contributed by atoms with Crippen LogP contribution in [0, 0.1) is 5.92 Å². The SMILES string of the molecule is CC[C@H]1Cc2ccccc2N([B]C=O)C1. The van der Waals surface area contributed by atoms with E-state index < -0.39 is 0 Å². The summed E-state index contributed by atoms with van der Waals surface area (Å²) < 4.78 is 0. The zero-order valence-electron chi connectivity index (χ0n) is 9.02. The molecule has 0 spiro atoms. The molecule has 0 aliphatic carbocycles. The Labute approximate surface area is 91.5 Å². The maximum absolute atomic E-state index is 10.6. The van der Waals surface area contributed by atoms with Crippen LogP contribution < -0.4 is 4.81 Å². The molecule has 1 aliphatic heterocycles. The van der Waals surface area contributed by atoms with Crippen molar-refractivity contribution in [2.24, 2.45) is 5.92 Å². The van der Waals surface area contributed by atoms with E-state index in [4.69, 9.17) is 0 Å². The van der Waals surface area contributed by atoms with Crippen LogP contribution in [0.5, 0.6) is 0 Å². The number of benzene rings is 1. The third-order valence-corrected chi connectivity index (χ3v) is 3.08. The normalized spacial score (nSPS) is 19.5. The van der Waals surface area contributed by atoms with Crippen LogP contribution in [0.25, 0.3) is 0 Å². The van der Waals surface area contributed by atoms with Crippen molar-refractivity contribution in [2.45, 2.75) is 19.8 Å². The fourth-order valence-electron chi connectivity index (χ4n) is 2.20. The number of carbonyl (C=O) groups excluding carboxylic acids is 1. The molecule has 1 atom stereocenters. The molecule has 15 heavy (non-hydrogen) atoms. The Morgan fingerprint density at radius 1 is 1.53 bits per heavy atom. The summed E-state index contributed by atoms with van der Waals surface area (Å²) >= 11 is 0. The van der Waals surface area contributed by atoms with Crippen molar-refractivity contribution in [1.29, 1.82) is 0 Å². The molecule has 2 rings (SSSR count). The molecule has 0 amide bonds. The third-order valence-electron chi connectivity index (χ3n) is 3.08. The standard InChI is InChI=1S/C12H15BNO/c1-2-10-7-11-5-3-4-6-12(11)14(8-10)13-9-15/h3-6,9-10H,2,7-8H2,1H3/t10-/m0/s1. The number of rotatable bonds is 3. The van der Waals surface area contributed by atoms with Gasteiger partial charge in [-0.05, 0) is 24.0 Å². The molecular formula is C12H15BNO. The first kappa shape index (κ1) is 10.3. The molecule has 0 aromatic heterocycles. The van der Waals surface area contributed by atoms with Crippen molar-refractivity contribution in [2.75, 3.05) is 11.4 Å². The molecule has 0 N–H and O–H groups in total. The van der Waals surface area contributed by atoms with E-state index in [2.05, 4.69) is 29.9 Å². The van der Waals surface area contributed by atoms with E-state index in [1.807, 2.05) is 6.07 Å². The fourth-order valence-corrected chi connectivity index (χ4v) is 2.20. The van der Waals surface area contributed by atoms with Crippen LogP contribution in [0.1, 0.15) is 18.9 Å². The molecule has 3 heteroatoms. The quantitative estimate of drug-likeness (QED) is 0.548. The van der Waals surface area contributed by atoms with Gasteiger partial charge >= 0.3 is 7.41 Å². The largest absolute Gasteiger partial charge is 0.412 e. The molecule has 0 saturated heterocycles. The van der Waals surface area contributed by atoms with Gasteiger partial charge in [-0.3, -0.25) is 0 Å². The zero-order chi connectivity index (χ0) is 10.7. The van der Waals surface area contributed by atoms with Crippen molar-refractivity contribution in [3.8, 4) is 0 Å². The van der Waals surface area contributed by atoms with Crippen LogP contribution in [0.4, 0.5) is 5.69 Å². The molecule has 77 valence electrons. The smallest absolute Gasteiger partial charge is 0.328 e.